The Labute approximate surface area is 123 Å². The number of nitrogens with zero attached hydrogens (tertiary/aromatic N) is 2. The molecule has 0 bridgehead atoms. The Morgan fingerprint density at radius 3 is 2.75 bits per heavy atom. The average Bonchev–Trinajstić information content (AvgIpc) is 2.80. The SMILES string of the molecule is CCc1cc(CC(N)c2c(F)cccc2Cl)n(CC)n1. The van der Waals surface area contributed by atoms with Crippen LogP contribution in [0.4, 0.5) is 4.39 Å². The summed E-state index contributed by atoms with van der Waals surface area (Å²) in [6, 6.07) is 6.18. The maximum absolute atomic E-state index is 13.9. The van der Waals surface area contributed by atoms with Gasteiger partial charge in [-0.3, -0.25) is 4.68 Å². The molecule has 0 amide bonds. The van der Waals surface area contributed by atoms with Gasteiger partial charge in [-0.15, -0.1) is 0 Å². The van der Waals surface area contributed by atoms with Crippen molar-refractivity contribution >= 4 is 11.6 Å². The van der Waals surface area contributed by atoms with Gasteiger partial charge in [-0.1, -0.05) is 24.6 Å². The molecule has 0 spiro atoms. The van der Waals surface area contributed by atoms with E-state index in [1.165, 1.54) is 6.07 Å². The third-order valence-electron chi connectivity index (χ3n) is 3.38. The average molecular weight is 296 g/mol. The molecule has 2 aromatic rings. The van der Waals surface area contributed by atoms with Crippen LogP contribution in [0.15, 0.2) is 24.3 Å². The quantitative estimate of drug-likeness (QED) is 0.917. The van der Waals surface area contributed by atoms with E-state index in [1.807, 2.05) is 17.7 Å². The van der Waals surface area contributed by atoms with Gasteiger partial charge in [0.15, 0.2) is 0 Å². The second-order valence-corrected chi connectivity index (χ2v) is 5.15. The Kier molecular flexibility index (Phi) is 4.78. The van der Waals surface area contributed by atoms with Gasteiger partial charge in [-0.25, -0.2) is 4.39 Å². The van der Waals surface area contributed by atoms with Crippen molar-refractivity contribution in [2.45, 2.75) is 39.3 Å². The minimum Gasteiger partial charge on any atom is -0.323 e. The Morgan fingerprint density at radius 1 is 1.40 bits per heavy atom. The lowest BCUT2D eigenvalue weighted by atomic mass is 10.0. The molecule has 1 atom stereocenters. The number of rotatable bonds is 5. The van der Waals surface area contributed by atoms with Crippen LogP contribution in [0.2, 0.25) is 5.02 Å². The molecule has 0 aliphatic carbocycles. The van der Waals surface area contributed by atoms with E-state index in [9.17, 15) is 4.39 Å². The number of hydrogen-bond donors (Lipinski definition) is 1. The van der Waals surface area contributed by atoms with E-state index in [1.54, 1.807) is 12.1 Å². The molecule has 2 N–H and O–H groups in total. The molecule has 0 aliphatic rings. The summed E-state index contributed by atoms with van der Waals surface area (Å²) < 4.78 is 15.8. The number of nitrogens with two attached hydrogens (primary N) is 1. The van der Waals surface area contributed by atoms with Gasteiger partial charge in [-0.05, 0) is 31.5 Å². The topological polar surface area (TPSA) is 43.8 Å². The Balaban J connectivity index is 2.27. The van der Waals surface area contributed by atoms with Crippen molar-refractivity contribution in [3.63, 3.8) is 0 Å². The summed E-state index contributed by atoms with van der Waals surface area (Å²) in [5.74, 6) is -0.358. The van der Waals surface area contributed by atoms with Gasteiger partial charge < -0.3 is 5.73 Å². The zero-order valence-electron chi connectivity index (χ0n) is 11.7. The maximum atomic E-state index is 13.9. The van der Waals surface area contributed by atoms with Crippen LogP contribution < -0.4 is 5.73 Å². The van der Waals surface area contributed by atoms with Crippen LogP contribution in [0.3, 0.4) is 0 Å². The van der Waals surface area contributed by atoms with Crippen molar-refractivity contribution in [1.29, 1.82) is 0 Å². The number of halogens is 2. The van der Waals surface area contributed by atoms with E-state index in [0.29, 0.717) is 17.0 Å². The third kappa shape index (κ3) is 3.02. The predicted octanol–water partition coefficient (Wildman–Crippen LogP) is 3.50. The van der Waals surface area contributed by atoms with Crippen molar-refractivity contribution in [2.24, 2.45) is 5.73 Å². The molecule has 2 rings (SSSR count). The van der Waals surface area contributed by atoms with Crippen LogP contribution in [0.5, 0.6) is 0 Å². The number of aryl methyl sites for hydroxylation is 2. The summed E-state index contributed by atoms with van der Waals surface area (Å²) in [7, 11) is 0. The standard InChI is InChI=1S/C15H19ClFN3/c1-3-10-8-11(20(4-2)19-10)9-14(18)15-12(16)6-5-7-13(15)17/h5-8,14H,3-4,9,18H2,1-2H3. The normalized spacial score (nSPS) is 12.7. The fourth-order valence-corrected chi connectivity index (χ4v) is 2.62. The first-order chi connectivity index (χ1) is 9.56. The second-order valence-electron chi connectivity index (χ2n) is 4.74. The summed E-state index contributed by atoms with van der Waals surface area (Å²) >= 11 is 6.05. The highest BCUT2D eigenvalue weighted by atomic mass is 35.5. The maximum Gasteiger partial charge on any atom is 0.129 e. The van der Waals surface area contributed by atoms with Gasteiger partial charge in [0.2, 0.25) is 0 Å². The minimum atomic E-state index is -0.476. The third-order valence-corrected chi connectivity index (χ3v) is 3.70. The molecule has 20 heavy (non-hydrogen) atoms. The molecule has 1 unspecified atom stereocenters. The van der Waals surface area contributed by atoms with E-state index in [-0.39, 0.29) is 5.82 Å². The smallest absolute Gasteiger partial charge is 0.129 e. The Morgan fingerprint density at radius 2 is 2.15 bits per heavy atom. The molecule has 3 nitrogen and oxygen atoms in total. The lowest BCUT2D eigenvalue weighted by Crippen LogP contribution is -2.18. The van der Waals surface area contributed by atoms with E-state index >= 15 is 0 Å². The summed E-state index contributed by atoms with van der Waals surface area (Å²) in [5.41, 5.74) is 8.54. The van der Waals surface area contributed by atoms with Crippen LogP contribution in [0.25, 0.3) is 0 Å². The van der Waals surface area contributed by atoms with Crippen molar-refractivity contribution in [2.75, 3.05) is 0 Å². The fraction of sp³-hybridized carbons (Fsp3) is 0.400. The Hall–Kier alpha value is -1.39. The molecule has 0 saturated carbocycles. The predicted molar refractivity (Wildman–Crippen MR) is 79.3 cm³/mol. The number of hydrogen-bond acceptors (Lipinski definition) is 2. The Bertz CT molecular complexity index is 575. The van der Waals surface area contributed by atoms with E-state index in [0.717, 1.165) is 24.4 Å². The molecule has 108 valence electrons. The van der Waals surface area contributed by atoms with Gasteiger partial charge in [-0.2, -0.15) is 5.10 Å². The minimum absolute atomic E-state index is 0.358. The largest absolute Gasteiger partial charge is 0.323 e. The first-order valence-electron chi connectivity index (χ1n) is 6.81. The molecular weight excluding hydrogens is 277 g/mol. The highest BCUT2D eigenvalue weighted by molar-refractivity contribution is 6.31. The van der Waals surface area contributed by atoms with Crippen LogP contribution in [0, 0.1) is 5.82 Å². The van der Waals surface area contributed by atoms with E-state index in [2.05, 4.69) is 12.0 Å². The van der Waals surface area contributed by atoms with Gasteiger partial charge in [0, 0.05) is 35.3 Å². The fourth-order valence-electron chi connectivity index (χ4n) is 2.32. The lowest BCUT2D eigenvalue weighted by Gasteiger charge is -2.15. The van der Waals surface area contributed by atoms with Crippen molar-refractivity contribution in [1.82, 2.24) is 9.78 Å². The van der Waals surface area contributed by atoms with E-state index < -0.39 is 6.04 Å². The molecule has 1 heterocycles. The van der Waals surface area contributed by atoms with Crippen LogP contribution in [0.1, 0.15) is 36.8 Å². The summed E-state index contributed by atoms with van der Waals surface area (Å²) in [6.45, 7) is 4.85. The van der Waals surface area contributed by atoms with Gasteiger partial charge in [0.1, 0.15) is 5.82 Å². The first kappa shape index (κ1) is 15.0. The molecular formula is C15H19ClFN3. The van der Waals surface area contributed by atoms with Crippen LogP contribution in [-0.2, 0) is 19.4 Å². The van der Waals surface area contributed by atoms with Crippen molar-refractivity contribution in [3.8, 4) is 0 Å². The molecule has 0 aliphatic heterocycles. The van der Waals surface area contributed by atoms with Crippen LogP contribution in [-0.4, -0.2) is 9.78 Å². The van der Waals surface area contributed by atoms with Gasteiger partial charge in [0.05, 0.1) is 5.69 Å². The molecule has 5 heteroatoms. The summed E-state index contributed by atoms with van der Waals surface area (Å²) in [4.78, 5) is 0. The lowest BCUT2D eigenvalue weighted by molar-refractivity contribution is 0.555. The highest BCUT2D eigenvalue weighted by Gasteiger charge is 2.18. The molecule has 1 aromatic carbocycles. The van der Waals surface area contributed by atoms with Crippen molar-refractivity contribution in [3.05, 3.63) is 52.1 Å². The van der Waals surface area contributed by atoms with Crippen LogP contribution >= 0.6 is 11.6 Å². The van der Waals surface area contributed by atoms with E-state index in [4.69, 9.17) is 17.3 Å². The molecule has 0 saturated heterocycles. The molecule has 0 radical (unpaired) electrons. The molecule has 1 aromatic heterocycles. The summed E-state index contributed by atoms with van der Waals surface area (Å²) in [5, 5.41) is 4.84. The van der Waals surface area contributed by atoms with Gasteiger partial charge >= 0.3 is 0 Å². The zero-order chi connectivity index (χ0) is 14.7. The van der Waals surface area contributed by atoms with Crippen molar-refractivity contribution < 1.29 is 4.39 Å². The first-order valence-corrected chi connectivity index (χ1v) is 7.19. The zero-order valence-corrected chi connectivity index (χ0v) is 12.5. The summed E-state index contributed by atoms with van der Waals surface area (Å²) in [6.07, 6.45) is 1.39. The number of benzene rings is 1. The highest BCUT2D eigenvalue weighted by Crippen LogP contribution is 2.27. The number of aromatic nitrogens is 2. The monoisotopic (exact) mass is 295 g/mol. The molecule has 0 fully saturated rings. The second kappa shape index (κ2) is 6.37. The van der Waals surface area contributed by atoms with Gasteiger partial charge in [0.25, 0.3) is 0 Å².